The fraction of sp³-hybridized carbons (Fsp3) is 0.300. The third kappa shape index (κ3) is 4.74. The van der Waals surface area contributed by atoms with Gasteiger partial charge in [-0.2, -0.15) is 0 Å². The van der Waals surface area contributed by atoms with Crippen molar-refractivity contribution >= 4 is 0 Å². The van der Waals surface area contributed by atoms with E-state index in [-0.39, 0.29) is 0 Å². The molecule has 0 aliphatic rings. The second-order valence-electron chi connectivity index (χ2n) is 5.77. The van der Waals surface area contributed by atoms with Crippen LogP contribution in [0.5, 0.6) is 5.75 Å². The van der Waals surface area contributed by atoms with Crippen LogP contribution in [0.1, 0.15) is 36.2 Å². The molecule has 2 aromatic heterocycles. The number of benzene rings is 1. The Morgan fingerprint density at radius 3 is 2.85 bits per heavy atom. The summed E-state index contributed by atoms with van der Waals surface area (Å²) < 4.78 is 12.9. The van der Waals surface area contributed by atoms with Crippen molar-refractivity contribution in [3.63, 3.8) is 0 Å². The smallest absolute Gasteiger partial charge is 0.210 e. The first-order valence-corrected chi connectivity index (χ1v) is 8.69. The van der Waals surface area contributed by atoms with Crippen LogP contribution in [0.4, 0.5) is 0 Å². The Balaban J connectivity index is 1.61. The Kier molecular flexibility index (Phi) is 6.07. The molecule has 0 aliphatic carbocycles. The SMILES string of the molecule is CCc1nccn1Cc1cc(C#Cc2ccc(OCCCN)cc2)on1. The first-order chi connectivity index (χ1) is 12.8. The van der Waals surface area contributed by atoms with Gasteiger partial charge in [-0.25, -0.2) is 4.98 Å². The van der Waals surface area contributed by atoms with Crippen molar-refractivity contribution in [2.75, 3.05) is 13.2 Å². The van der Waals surface area contributed by atoms with Gasteiger partial charge in [-0.1, -0.05) is 18.0 Å². The van der Waals surface area contributed by atoms with Crippen LogP contribution >= 0.6 is 0 Å². The van der Waals surface area contributed by atoms with E-state index < -0.39 is 0 Å². The van der Waals surface area contributed by atoms with Crippen LogP contribution in [-0.4, -0.2) is 27.9 Å². The zero-order chi connectivity index (χ0) is 18.2. The van der Waals surface area contributed by atoms with Crippen LogP contribution in [0.15, 0.2) is 47.2 Å². The summed E-state index contributed by atoms with van der Waals surface area (Å²) in [7, 11) is 0. The highest BCUT2D eigenvalue weighted by Gasteiger charge is 2.06. The van der Waals surface area contributed by atoms with Crippen molar-refractivity contribution in [1.29, 1.82) is 0 Å². The molecule has 3 aromatic rings. The van der Waals surface area contributed by atoms with Crippen LogP contribution in [0.2, 0.25) is 0 Å². The van der Waals surface area contributed by atoms with E-state index in [9.17, 15) is 0 Å². The van der Waals surface area contributed by atoms with E-state index in [1.165, 1.54) is 0 Å². The van der Waals surface area contributed by atoms with Gasteiger partial charge in [-0.3, -0.25) is 0 Å². The third-order valence-corrected chi connectivity index (χ3v) is 3.81. The number of aryl methyl sites for hydroxylation is 1. The summed E-state index contributed by atoms with van der Waals surface area (Å²) in [6.45, 7) is 3.96. The van der Waals surface area contributed by atoms with E-state index in [1.807, 2.05) is 36.5 Å². The van der Waals surface area contributed by atoms with E-state index in [4.69, 9.17) is 15.0 Å². The normalized spacial score (nSPS) is 10.4. The van der Waals surface area contributed by atoms with E-state index in [0.29, 0.717) is 25.5 Å². The maximum absolute atomic E-state index is 5.57. The van der Waals surface area contributed by atoms with Gasteiger partial charge in [0.2, 0.25) is 5.76 Å². The zero-order valence-corrected chi connectivity index (χ0v) is 14.8. The van der Waals surface area contributed by atoms with E-state index in [2.05, 4.69) is 33.5 Å². The summed E-state index contributed by atoms with van der Waals surface area (Å²) >= 11 is 0. The summed E-state index contributed by atoms with van der Waals surface area (Å²) in [5.41, 5.74) is 7.16. The van der Waals surface area contributed by atoms with Crippen molar-refractivity contribution in [3.8, 4) is 17.6 Å². The summed E-state index contributed by atoms with van der Waals surface area (Å²) in [6, 6.07) is 9.49. The molecule has 0 saturated heterocycles. The lowest BCUT2D eigenvalue weighted by molar-refractivity contribution is 0.313. The van der Waals surface area contributed by atoms with Gasteiger partial charge >= 0.3 is 0 Å². The Morgan fingerprint density at radius 1 is 1.23 bits per heavy atom. The molecular weight excluding hydrogens is 328 g/mol. The molecule has 0 aliphatic heterocycles. The molecule has 0 unspecified atom stereocenters. The minimum atomic E-state index is 0.543. The number of aromatic nitrogens is 3. The summed E-state index contributed by atoms with van der Waals surface area (Å²) in [6.07, 6.45) is 5.46. The summed E-state index contributed by atoms with van der Waals surface area (Å²) in [5.74, 6) is 8.45. The predicted molar refractivity (Wildman–Crippen MR) is 98.8 cm³/mol. The quantitative estimate of drug-likeness (QED) is 0.523. The maximum atomic E-state index is 5.57. The van der Waals surface area contributed by atoms with Crippen LogP contribution < -0.4 is 10.5 Å². The standard InChI is InChI=1S/C20H22N4O2/c1-2-20-22-11-12-24(20)15-17-14-19(26-23-17)9-6-16-4-7-18(8-5-16)25-13-3-10-21/h4-5,7-8,11-12,14H,2-3,10,13,15,21H2,1H3. The van der Waals surface area contributed by atoms with Gasteiger partial charge in [0.15, 0.2) is 0 Å². The van der Waals surface area contributed by atoms with Crippen LogP contribution in [0, 0.1) is 11.8 Å². The predicted octanol–water partition coefficient (Wildman–Crippen LogP) is 2.61. The molecule has 134 valence electrons. The summed E-state index contributed by atoms with van der Waals surface area (Å²) in [4.78, 5) is 4.30. The molecule has 0 fully saturated rings. The Bertz CT molecular complexity index is 884. The average molecular weight is 350 g/mol. The molecule has 6 nitrogen and oxygen atoms in total. The van der Waals surface area contributed by atoms with Crippen molar-refractivity contribution in [2.24, 2.45) is 5.73 Å². The molecule has 0 amide bonds. The van der Waals surface area contributed by atoms with Gasteiger partial charge in [-0.05, 0) is 43.2 Å². The molecule has 0 radical (unpaired) electrons. The second kappa shape index (κ2) is 8.88. The van der Waals surface area contributed by atoms with E-state index in [1.54, 1.807) is 6.20 Å². The molecule has 1 aromatic carbocycles. The molecule has 0 saturated carbocycles. The average Bonchev–Trinajstić information content (AvgIpc) is 3.31. The molecule has 0 spiro atoms. The van der Waals surface area contributed by atoms with Crippen molar-refractivity contribution in [3.05, 3.63) is 65.6 Å². The molecule has 26 heavy (non-hydrogen) atoms. The van der Waals surface area contributed by atoms with Crippen LogP contribution in [-0.2, 0) is 13.0 Å². The van der Waals surface area contributed by atoms with Gasteiger partial charge in [0, 0.05) is 30.4 Å². The Morgan fingerprint density at radius 2 is 2.08 bits per heavy atom. The Hall–Kier alpha value is -3.04. The highest BCUT2D eigenvalue weighted by molar-refractivity contribution is 5.41. The monoisotopic (exact) mass is 350 g/mol. The molecule has 0 atom stereocenters. The minimum absolute atomic E-state index is 0.543. The van der Waals surface area contributed by atoms with Crippen LogP contribution in [0.25, 0.3) is 0 Å². The van der Waals surface area contributed by atoms with E-state index >= 15 is 0 Å². The van der Waals surface area contributed by atoms with Gasteiger partial charge in [0.05, 0.1) is 13.2 Å². The molecule has 3 rings (SSSR count). The molecule has 2 N–H and O–H groups in total. The first-order valence-electron chi connectivity index (χ1n) is 8.69. The van der Waals surface area contributed by atoms with Crippen LogP contribution in [0.3, 0.4) is 0 Å². The second-order valence-corrected chi connectivity index (χ2v) is 5.77. The van der Waals surface area contributed by atoms with E-state index in [0.717, 1.165) is 35.7 Å². The van der Waals surface area contributed by atoms with Crippen molar-refractivity contribution < 1.29 is 9.26 Å². The van der Waals surface area contributed by atoms with Crippen molar-refractivity contribution in [1.82, 2.24) is 14.7 Å². The lowest BCUT2D eigenvalue weighted by Crippen LogP contribution is -2.05. The lowest BCUT2D eigenvalue weighted by atomic mass is 10.2. The fourth-order valence-electron chi connectivity index (χ4n) is 2.46. The van der Waals surface area contributed by atoms with Crippen molar-refractivity contribution in [2.45, 2.75) is 26.3 Å². The number of rotatable bonds is 7. The topological polar surface area (TPSA) is 79.1 Å². The highest BCUT2D eigenvalue weighted by Crippen LogP contribution is 2.12. The van der Waals surface area contributed by atoms with Gasteiger partial charge in [0.1, 0.15) is 17.3 Å². The fourth-order valence-corrected chi connectivity index (χ4v) is 2.46. The number of imidazole rings is 1. The third-order valence-electron chi connectivity index (χ3n) is 3.81. The molecular formula is C20H22N4O2. The number of hydrogen-bond acceptors (Lipinski definition) is 5. The first kappa shape index (κ1) is 17.8. The number of nitrogens with two attached hydrogens (primary N) is 1. The van der Waals surface area contributed by atoms with Gasteiger partial charge < -0.3 is 19.6 Å². The largest absolute Gasteiger partial charge is 0.494 e. The number of nitrogens with zero attached hydrogens (tertiary/aromatic N) is 3. The number of hydrogen-bond donors (Lipinski definition) is 1. The lowest BCUT2D eigenvalue weighted by Gasteiger charge is -2.04. The number of ether oxygens (including phenoxy) is 1. The molecule has 2 heterocycles. The molecule has 0 bridgehead atoms. The zero-order valence-electron chi connectivity index (χ0n) is 14.8. The maximum Gasteiger partial charge on any atom is 0.210 e. The van der Waals surface area contributed by atoms with Gasteiger partial charge in [0.25, 0.3) is 0 Å². The molecule has 6 heteroatoms. The minimum Gasteiger partial charge on any atom is -0.494 e. The Labute approximate surface area is 153 Å². The highest BCUT2D eigenvalue weighted by atomic mass is 16.5. The summed E-state index contributed by atoms with van der Waals surface area (Å²) in [5, 5.41) is 4.08. The van der Waals surface area contributed by atoms with Gasteiger partial charge in [-0.15, -0.1) is 0 Å².